The van der Waals surface area contributed by atoms with E-state index in [4.69, 9.17) is 5.73 Å². The van der Waals surface area contributed by atoms with Gasteiger partial charge in [-0.05, 0) is 12.0 Å². The van der Waals surface area contributed by atoms with Crippen molar-refractivity contribution in [3.05, 3.63) is 48.2 Å². The Morgan fingerprint density at radius 2 is 1.94 bits per heavy atom. The first kappa shape index (κ1) is 13.0. The first-order valence-corrected chi connectivity index (χ1v) is 5.31. The first-order valence-electron chi connectivity index (χ1n) is 5.31. The summed E-state index contributed by atoms with van der Waals surface area (Å²) >= 11 is 0. The monoisotopic (exact) mass is 233 g/mol. The van der Waals surface area contributed by atoms with Crippen LogP contribution in [0.5, 0.6) is 0 Å². The molecule has 90 valence electrons. The minimum absolute atomic E-state index is 0.277. The van der Waals surface area contributed by atoms with Gasteiger partial charge in [0.25, 0.3) is 0 Å². The molecule has 1 aromatic rings. The zero-order valence-corrected chi connectivity index (χ0v) is 9.68. The smallest absolute Gasteiger partial charge is 0.361 e. The number of ether oxygens (including phenoxy) is 1. The van der Waals surface area contributed by atoms with Gasteiger partial charge in [-0.3, -0.25) is 4.79 Å². The van der Waals surface area contributed by atoms with Crippen LogP contribution in [0.4, 0.5) is 0 Å². The van der Waals surface area contributed by atoms with Gasteiger partial charge in [0.1, 0.15) is 5.70 Å². The van der Waals surface area contributed by atoms with Crippen molar-refractivity contribution >= 4 is 11.9 Å². The van der Waals surface area contributed by atoms with Gasteiger partial charge in [0.2, 0.25) is 0 Å². The third kappa shape index (κ3) is 3.45. The third-order valence-electron chi connectivity index (χ3n) is 2.35. The highest BCUT2D eigenvalue weighted by molar-refractivity contribution is 5.96. The zero-order valence-electron chi connectivity index (χ0n) is 9.68. The summed E-state index contributed by atoms with van der Waals surface area (Å²) in [5.74, 6) is -1.95. The molecule has 0 aliphatic rings. The van der Waals surface area contributed by atoms with Crippen molar-refractivity contribution in [1.82, 2.24) is 0 Å². The normalized spacial score (nSPS) is 11.6. The van der Waals surface area contributed by atoms with Crippen LogP contribution in [0.15, 0.2) is 42.6 Å². The van der Waals surface area contributed by atoms with Gasteiger partial charge in [-0.25, -0.2) is 4.79 Å². The number of carbonyl (C=O) groups excluding carboxylic acids is 2. The fourth-order valence-electron chi connectivity index (χ4n) is 1.45. The molecule has 4 heteroatoms. The van der Waals surface area contributed by atoms with Gasteiger partial charge in [0.15, 0.2) is 0 Å². The van der Waals surface area contributed by atoms with Crippen molar-refractivity contribution in [2.24, 2.45) is 5.73 Å². The lowest BCUT2D eigenvalue weighted by Gasteiger charge is -2.13. The molecule has 1 aromatic carbocycles. The molecule has 2 N–H and O–H groups in total. The van der Waals surface area contributed by atoms with Crippen LogP contribution in [0.3, 0.4) is 0 Å². The highest BCUT2D eigenvalue weighted by atomic mass is 16.6. The van der Waals surface area contributed by atoms with Crippen LogP contribution in [-0.2, 0) is 14.3 Å². The van der Waals surface area contributed by atoms with Crippen molar-refractivity contribution in [3.8, 4) is 0 Å². The van der Waals surface area contributed by atoms with Crippen LogP contribution in [0, 0.1) is 0 Å². The van der Waals surface area contributed by atoms with Gasteiger partial charge in [-0.1, -0.05) is 43.8 Å². The highest BCUT2D eigenvalue weighted by Crippen LogP contribution is 2.20. The molecular formula is C13H15NO3. The number of benzene rings is 1. The molecule has 0 aliphatic heterocycles. The summed E-state index contributed by atoms with van der Waals surface area (Å²) in [4.78, 5) is 22.9. The molecule has 1 atom stereocenters. The van der Waals surface area contributed by atoms with E-state index in [1.807, 2.05) is 37.3 Å². The Morgan fingerprint density at radius 3 is 2.41 bits per heavy atom. The van der Waals surface area contributed by atoms with Crippen molar-refractivity contribution in [2.45, 2.75) is 19.3 Å². The van der Waals surface area contributed by atoms with Gasteiger partial charge < -0.3 is 10.5 Å². The van der Waals surface area contributed by atoms with Crippen molar-refractivity contribution < 1.29 is 14.3 Å². The summed E-state index contributed by atoms with van der Waals surface area (Å²) in [6, 6.07) is 9.15. The van der Waals surface area contributed by atoms with Crippen molar-refractivity contribution in [3.63, 3.8) is 0 Å². The quantitative estimate of drug-likeness (QED) is 0.488. The summed E-state index contributed by atoms with van der Waals surface area (Å²) in [5.41, 5.74) is 5.68. The fourth-order valence-corrected chi connectivity index (χ4v) is 1.45. The van der Waals surface area contributed by atoms with E-state index in [2.05, 4.69) is 11.3 Å². The first-order chi connectivity index (χ1) is 8.06. The number of hydrogen-bond acceptors (Lipinski definition) is 4. The Bertz CT molecular complexity index is 426. The van der Waals surface area contributed by atoms with Gasteiger partial charge >= 0.3 is 11.9 Å². The van der Waals surface area contributed by atoms with Crippen LogP contribution >= 0.6 is 0 Å². The van der Waals surface area contributed by atoms with Crippen molar-refractivity contribution in [2.75, 3.05) is 0 Å². The van der Waals surface area contributed by atoms with E-state index >= 15 is 0 Å². The van der Waals surface area contributed by atoms with E-state index in [1.54, 1.807) is 0 Å². The summed E-state index contributed by atoms with van der Waals surface area (Å²) in [6.45, 7) is 5.06. The fraction of sp³-hybridized carbons (Fsp3) is 0.231. The average molecular weight is 233 g/mol. The number of hydrogen-bond donors (Lipinski definition) is 1. The Kier molecular flexibility index (Phi) is 4.46. The summed E-state index contributed by atoms with van der Waals surface area (Å²) in [6.07, 6.45) is 0.549. The van der Waals surface area contributed by atoms with Crippen LogP contribution in [0.1, 0.15) is 24.8 Å². The number of carbonyl (C=O) groups is 2. The lowest BCUT2D eigenvalue weighted by Crippen LogP contribution is -2.22. The molecular weight excluding hydrogens is 218 g/mol. The Hall–Kier alpha value is -2.10. The minimum Gasteiger partial charge on any atom is -0.393 e. The molecule has 17 heavy (non-hydrogen) atoms. The van der Waals surface area contributed by atoms with Gasteiger partial charge in [-0.2, -0.15) is 0 Å². The highest BCUT2D eigenvalue weighted by Gasteiger charge is 2.23. The second-order valence-electron chi connectivity index (χ2n) is 3.61. The largest absolute Gasteiger partial charge is 0.393 e. The Balaban J connectivity index is 2.79. The number of rotatable bonds is 4. The van der Waals surface area contributed by atoms with E-state index in [1.165, 1.54) is 0 Å². The van der Waals surface area contributed by atoms with E-state index in [9.17, 15) is 9.59 Å². The number of esters is 2. The second kappa shape index (κ2) is 5.84. The second-order valence-corrected chi connectivity index (χ2v) is 3.61. The SMILES string of the molecule is C=C(N)C(=O)OC(=O)C(CC)c1ccccc1. The molecule has 0 aliphatic carbocycles. The van der Waals surface area contributed by atoms with Crippen LogP contribution in [-0.4, -0.2) is 11.9 Å². The van der Waals surface area contributed by atoms with Gasteiger partial charge in [0.05, 0.1) is 5.92 Å². The van der Waals surface area contributed by atoms with Crippen LogP contribution < -0.4 is 5.73 Å². The van der Waals surface area contributed by atoms with E-state index < -0.39 is 17.9 Å². The van der Waals surface area contributed by atoms with E-state index in [0.717, 1.165) is 5.56 Å². The van der Waals surface area contributed by atoms with Crippen molar-refractivity contribution in [1.29, 1.82) is 0 Å². The third-order valence-corrected chi connectivity index (χ3v) is 2.35. The molecule has 0 bridgehead atoms. The molecule has 1 rings (SSSR count). The molecule has 0 saturated heterocycles. The van der Waals surface area contributed by atoms with E-state index in [-0.39, 0.29) is 5.70 Å². The van der Waals surface area contributed by atoms with Crippen LogP contribution in [0.25, 0.3) is 0 Å². The van der Waals surface area contributed by atoms with Crippen LogP contribution in [0.2, 0.25) is 0 Å². The predicted octanol–water partition coefficient (Wildman–Crippen LogP) is 1.72. The Labute approximate surface area is 100 Å². The summed E-state index contributed by atoms with van der Waals surface area (Å²) in [5, 5.41) is 0. The average Bonchev–Trinajstić information content (AvgIpc) is 2.31. The topological polar surface area (TPSA) is 69.4 Å². The molecule has 4 nitrogen and oxygen atoms in total. The predicted molar refractivity (Wildman–Crippen MR) is 63.9 cm³/mol. The molecule has 0 fully saturated rings. The minimum atomic E-state index is -0.885. The number of nitrogens with two attached hydrogens (primary N) is 1. The standard InChI is InChI=1S/C13H15NO3/c1-3-11(10-7-5-4-6-8-10)13(16)17-12(15)9(2)14/h4-8,11H,2-3,14H2,1H3. The molecule has 0 radical (unpaired) electrons. The lowest BCUT2D eigenvalue weighted by atomic mass is 9.97. The summed E-state index contributed by atoms with van der Waals surface area (Å²) < 4.78 is 4.62. The Morgan fingerprint density at radius 1 is 1.35 bits per heavy atom. The maximum absolute atomic E-state index is 11.7. The molecule has 0 aromatic heterocycles. The maximum Gasteiger partial charge on any atom is 0.361 e. The zero-order chi connectivity index (χ0) is 12.8. The summed E-state index contributed by atoms with van der Waals surface area (Å²) in [7, 11) is 0. The lowest BCUT2D eigenvalue weighted by molar-refractivity contribution is -0.158. The molecule has 0 saturated carbocycles. The molecule has 0 heterocycles. The maximum atomic E-state index is 11.7. The molecule has 0 spiro atoms. The molecule has 1 unspecified atom stereocenters. The molecule has 0 amide bonds. The van der Waals surface area contributed by atoms with E-state index in [0.29, 0.717) is 6.42 Å². The van der Waals surface area contributed by atoms with Gasteiger partial charge in [0, 0.05) is 0 Å². The van der Waals surface area contributed by atoms with Gasteiger partial charge in [-0.15, -0.1) is 0 Å².